The van der Waals surface area contributed by atoms with Crippen LogP contribution in [0.1, 0.15) is 13.3 Å². The van der Waals surface area contributed by atoms with Crippen molar-refractivity contribution < 1.29 is 8.42 Å². The summed E-state index contributed by atoms with van der Waals surface area (Å²) >= 11 is 0. The Labute approximate surface area is 137 Å². The molecule has 1 aromatic carbocycles. The van der Waals surface area contributed by atoms with Crippen molar-refractivity contribution in [3.8, 4) is 0 Å². The molecule has 0 saturated carbocycles. The van der Waals surface area contributed by atoms with Crippen molar-refractivity contribution in [3.63, 3.8) is 0 Å². The van der Waals surface area contributed by atoms with Crippen molar-refractivity contribution in [1.82, 2.24) is 14.9 Å². The van der Waals surface area contributed by atoms with Crippen LogP contribution in [0.5, 0.6) is 0 Å². The Kier molecular flexibility index (Phi) is 4.50. The second-order valence-corrected chi connectivity index (χ2v) is 7.99. The first-order valence-electron chi connectivity index (χ1n) is 7.91. The van der Waals surface area contributed by atoms with Gasteiger partial charge in [0.15, 0.2) is 9.84 Å². The predicted molar refractivity (Wildman–Crippen MR) is 91.6 cm³/mol. The summed E-state index contributed by atoms with van der Waals surface area (Å²) in [5.74, 6) is 0.830. The average molecular weight is 334 g/mol. The molecule has 0 spiro atoms. The highest BCUT2D eigenvalue weighted by molar-refractivity contribution is 7.90. The van der Waals surface area contributed by atoms with Gasteiger partial charge in [0.05, 0.1) is 10.4 Å². The zero-order chi connectivity index (χ0) is 16.4. The van der Waals surface area contributed by atoms with Gasteiger partial charge in [-0.3, -0.25) is 4.90 Å². The number of rotatable bonds is 4. The third kappa shape index (κ3) is 3.45. The second kappa shape index (κ2) is 6.41. The Morgan fingerprint density at radius 1 is 1.13 bits per heavy atom. The van der Waals surface area contributed by atoms with Crippen LogP contribution in [0.2, 0.25) is 0 Å². The minimum Gasteiger partial charge on any atom is -0.353 e. The molecule has 1 aliphatic heterocycles. The summed E-state index contributed by atoms with van der Waals surface area (Å²) in [6, 6.07) is 5.05. The molecule has 2 heterocycles. The molecule has 1 fully saturated rings. The van der Waals surface area contributed by atoms with Crippen molar-refractivity contribution in [1.29, 1.82) is 0 Å². The number of fused-ring (bicyclic) bond motifs is 1. The predicted octanol–water partition coefficient (Wildman–Crippen LogP) is 1.57. The maximum Gasteiger partial charge on any atom is 0.175 e. The summed E-state index contributed by atoms with van der Waals surface area (Å²) in [7, 11) is -3.24. The van der Waals surface area contributed by atoms with E-state index in [1.807, 2.05) is 0 Å². The second-order valence-electron chi connectivity index (χ2n) is 5.98. The molecule has 124 valence electrons. The molecule has 7 heteroatoms. The average Bonchev–Trinajstić information content (AvgIpc) is 2.54. The molecule has 23 heavy (non-hydrogen) atoms. The van der Waals surface area contributed by atoms with E-state index in [2.05, 4.69) is 26.7 Å². The van der Waals surface area contributed by atoms with E-state index in [9.17, 15) is 8.42 Å². The van der Waals surface area contributed by atoms with E-state index in [0.717, 1.165) is 55.9 Å². The number of hydrogen-bond donors (Lipinski definition) is 0. The Balaban J connectivity index is 1.95. The van der Waals surface area contributed by atoms with Gasteiger partial charge >= 0.3 is 0 Å². The lowest BCUT2D eigenvalue weighted by Gasteiger charge is -2.35. The van der Waals surface area contributed by atoms with Gasteiger partial charge in [-0.25, -0.2) is 18.4 Å². The Morgan fingerprint density at radius 2 is 1.87 bits per heavy atom. The van der Waals surface area contributed by atoms with Gasteiger partial charge in [0.25, 0.3) is 0 Å². The van der Waals surface area contributed by atoms with Crippen LogP contribution in [0.15, 0.2) is 29.4 Å². The minimum absolute atomic E-state index is 0.311. The summed E-state index contributed by atoms with van der Waals surface area (Å²) in [6.45, 7) is 7.12. The van der Waals surface area contributed by atoms with Gasteiger partial charge in [0.2, 0.25) is 0 Å². The largest absolute Gasteiger partial charge is 0.353 e. The number of piperazine rings is 1. The molecule has 6 nitrogen and oxygen atoms in total. The highest BCUT2D eigenvalue weighted by atomic mass is 32.2. The number of nitrogens with zero attached hydrogens (tertiary/aromatic N) is 4. The molecule has 0 bridgehead atoms. The normalized spacial score (nSPS) is 16.9. The molecule has 0 atom stereocenters. The quantitative estimate of drug-likeness (QED) is 0.845. The fraction of sp³-hybridized carbons (Fsp3) is 0.500. The maximum atomic E-state index is 11.8. The van der Waals surface area contributed by atoms with E-state index in [0.29, 0.717) is 4.90 Å². The van der Waals surface area contributed by atoms with Gasteiger partial charge < -0.3 is 4.90 Å². The molecule has 3 rings (SSSR count). The monoisotopic (exact) mass is 334 g/mol. The molecule has 1 saturated heterocycles. The van der Waals surface area contributed by atoms with E-state index in [-0.39, 0.29) is 0 Å². The van der Waals surface area contributed by atoms with Crippen LogP contribution in [0.3, 0.4) is 0 Å². The summed E-state index contributed by atoms with van der Waals surface area (Å²) in [6.07, 6.45) is 3.94. The topological polar surface area (TPSA) is 66.4 Å². The summed E-state index contributed by atoms with van der Waals surface area (Å²) in [5.41, 5.74) is 0.776. The smallest absolute Gasteiger partial charge is 0.175 e. The fourth-order valence-electron chi connectivity index (χ4n) is 3.00. The Bertz CT molecular complexity index is 799. The van der Waals surface area contributed by atoms with Crippen molar-refractivity contribution in [3.05, 3.63) is 24.5 Å². The zero-order valence-electron chi connectivity index (χ0n) is 13.6. The third-order valence-electron chi connectivity index (χ3n) is 4.23. The van der Waals surface area contributed by atoms with Gasteiger partial charge in [-0.2, -0.15) is 0 Å². The van der Waals surface area contributed by atoms with Gasteiger partial charge in [-0.1, -0.05) is 6.92 Å². The van der Waals surface area contributed by atoms with E-state index in [1.165, 1.54) is 6.26 Å². The molecular formula is C16H22N4O2S. The maximum absolute atomic E-state index is 11.8. The highest BCUT2D eigenvalue weighted by Crippen LogP contribution is 2.26. The number of aromatic nitrogens is 2. The molecule has 0 amide bonds. The van der Waals surface area contributed by atoms with Crippen LogP contribution in [0, 0.1) is 0 Å². The highest BCUT2D eigenvalue weighted by Gasteiger charge is 2.20. The molecule has 0 unspecified atom stereocenters. The van der Waals surface area contributed by atoms with Crippen LogP contribution in [-0.2, 0) is 9.84 Å². The van der Waals surface area contributed by atoms with Gasteiger partial charge in [-0.15, -0.1) is 0 Å². The van der Waals surface area contributed by atoms with Crippen LogP contribution in [0.4, 0.5) is 5.82 Å². The molecule has 0 aliphatic carbocycles. The lowest BCUT2D eigenvalue weighted by Crippen LogP contribution is -2.46. The van der Waals surface area contributed by atoms with Crippen LogP contribution in [0.25, 0.3) is 10.9 Å². The molecule has 0 radical (unpaired) electrons. The standard InChI is InChI=1S/C16H22N4O2S/c1-3-6-19-7-9-20(10-8-19)16-14-11-13(23(2,21)22)4-5-15(14)17-12-18-16/h4-5,11-12H,3,6-10H2,1-2H3. The van der Waals surface area contributed by atoms with Gasteiger partial charge in [0.1, 0.15) is 12.1 Å². The first-order chi connectivity index (χ1) is 11.0. The van der Waals surface area contributed by atoms with Crippen molar-refractivity contribution in [2.75, 3.05) is 43.9 Å². The van der Waals surface area contributed by atoms with E-state index < -0.39 is 9.84 Å². The van der Waals surface area contributed by atoms with Crippen molar-refractivity contribution in [2.24, 2.45) is 0 Å². The molecular weight excluding hydrogens is 312 g/mol. The lowest BCUT2D eigenvalue weighted by molar-refractivity contribution is 0.258. The first kappa shape index (κ1) is 16.1. The molecule has 2 aromatic rings. The van der Waals surface area contributed by atoms with Crippen molar-refractivity contribution in [2.45, 2.75) is 18.2 Å². The number of anilines is 1. The SMILES string of the molecule is CCCN1CCN(c2ncnc3ccc(S(C)(=O)=O)cc23)CC1. The molecule has 1 aromatic heterocycles. The summed E-state index contributed by atoms with van der Waals surface area (Å²) in [4.78, 5) is 13.7. The van der Waals surface area contributed by atoms with Crippen LogP contribution >= 0.6 is 0 Å². The van der Waals surface area contributed by atoms with Crippen molar-refractivity contribution >= 4 is 26.6 Å². The third-order valence-corrected chi connectivity index (χ3v) is 5.34. The number of sulfone groups is 1. The Morgan fingerprint density at radius 3 is 2.52 bits per heavy atom. The molecule has 0 N–H and O–H groups in total. The van der Waals surface area contributed by atoms with Crippen LogP contribution in [-0.4, -0.2) is 62.3 Å². The minimum atomic E-state index is -3.24. The van der Waals surface area contributed by atoms with E-state index in [4.69, 9.17) is 0 Å². The zero-order valence-corrected chi connectivity index (χ0v) is 14.4. The Hall–Kier alpha value is -1.73. The number of benzene rings is 1. The first-order valence-corrected chi connectivity index (χ1v) is 9.80. The summed E-state index contributed by atoms with van der Waals surface area (Å²) in [5, 5.41) is 0.805. The molecule has 1 aliphatic rings. The fourth-order valence-corrected chi connectivity index (χ4v) is 3.65. The van der Waals surface area contributed by atoms with Crippen LogP contribution < -0.4 is 4.90 Å². The summed E-state index contributed by atoms with van der Waals surface area (Å²) < 4.78 is 23.6. The lowest BCUT2D eigenvalue weighted by atomic mass is 10.2. The van der Waals surface area contributed by atoms with E-state index in [1.54, 1.807) is 24.5 Å². The van der Waals surface area contributed by atoms with Gasteiger partial charge in [0, 0.05) is 37.8 Å². The van der Waals surface area contributed by atoms with E-state index >= 15 is 0 Å². The van der Waals surface area contributed by atoms with Gasteiger partial charge in [-0.05, 0) is 31.2 Å². The number of hydrogen-bond acceptors (Lipinski definition) is 6.